The maximum Gasteiger partial charge on any atom is 0.305 e. The number of hydrogen-bond acceptors (Lipinski definition) is 4. The van der Waals surface area contributed by atoms with Crippen LogP contribution in [0.1, 0.15) is 206 Å². The Labute approximate surface area is 264 Å². The third-order valence-corrected chi connectivity index (χ3v) is 8.90. The van der Waals surface area contributed by atoms with E-state index in [9.17, 15) is 9.90 Å². The number of esters is 1. The first kappa shape index (κ1) is 41.4. The van der Waals surface area contributed by atoms with Gasteiger partial charge in [-0.1, -0.05) is 187 Å². The first-order valence-corrected chi connectivity index (χ1v) is 19.2. The number of ether oxygens (including phenoxy) is 1. The summed E-state index contributed by atoms with van der Waals surface area (Å²) in [6.45, 7) is 7.60. The van der Waals surface area contributed by atoms with Crippen LogP contribution in [0, 0.1) is 0 Å². The molecule has 0 aliphatic rings. The van der Waals surface area contributed by atoms with E-state index in [0.29, 0.717) is 19.6 Å². The van der Waals surface area contributed by atoms with Gasteiger partial charge in [0.15, 0.2) is 0 Å². The molecule has 42 heavy (non-hydrogen) atoms. The first-order valence-electron chi connectivity index (χ1n) is 19.2. The highest BCUT2D eigenvalue weighted by atomic mass is 16.5. The predicted octanol–water partition coefficient (Wildman–Crippen LogP) is 11.6. The van der Waals surface area contributed by atoms with Gasteiger partial charge in [-0.2, -0.15) is 0 Å². The largest absolute Gasteiger partial charge is 0.464 e. The Hall–Kier alpha value is -0.610. The number of carbonyl (C=O) groups excluding carboxylic acids is 1. The summed E-state index contributed by atoms with van der Waals surface area (Å²) in [5.74, 6) is -0.0511. The minimum atomic E-state index is -0.0511. The highest BCUT2D eigenvalue weighted by Crippen LogP contribution is 2.15. The van der Waals surface area contributed by atoms with E-state index in [1.54, 1.807) is 0 Å². The summed E-state index contributed by atoms with van der Waals surface area (Å²) in [4.78, 5) is 14.4. The van der Waals surface area contributed by atoms with Crippen LogP contribution < -0.4 is 0 Å². The summed E-state index contributed by atoms with van der Waals surface area (Å²) in [6, 6.07) is 0. The third-order valence-electron chi connectivity index (χ3n) is 8.90. The predicted molar refractivity (Wildman–Crippen MR) is 184 cm³/mol. The second-order valence-corrected chi connectivity index (χ2v) is 13.1. The van der Waals surface area contributed by atoms with Gasteiger partial charge in [-0.15, -0.1) is 0 Å². The van der Waals surface area contributed by atoms with Gasteiger partial charge in [-0.05, 0) is 19.4 Å². The second kappa shape index (κ2) is 36.6. The van der Waals surface area contributed by atoms with Crippen LogP contribution in [0.25, 0.3) is 0 Å². The number of nitrogens with zero attached hydrogens (tertiary/aromatic N) is 1. The Balaban J connectivity index is 3.42. The zero-order valence-electron chi connectivity index (χ0n) is 29.0. The normalized spacial score (nSPS) is 11.5. The molecule has 0 radical (unpaired) electrons. The maximum atomic E-state index is 12.1. The molecule has 0 amide bonds. The Morgan fingerprint density at radius 3 is 1.14 bits per heavy atom. The number of carbonyl (C=O) groups is 1. The first-order chi connectivity index (χ1) is 20.7. The highest BCUT2D eigenvalue weighted by Gasteiger charge is 2.07. The summed E-state index contributed by atoms with van der Waals surface area (Å²) in [7, 11) is 0. The fraction of sp³-hybridized carbons (Fsp3) is 0.974. The lowest BCUT2D eigenvalue weighted by Crippen LogP contribution is -2.32. The lowest BCUT2D eigenvalue weighted by molar-refractivity contribution is -0.144. The number of unbranched alkanes of at least 4 members (excludes halogenated alkanes) is 27. The van der Waals surface area contributed by atoms with Gasteiger partial charge in [0.05, 0.1) is 6.61 Å². The molecular formula is C38H77NO3. The van der Waals surface area contributed by atoms with E-state index in [1.807, 2.05) is 0 Å². The van der Waals surface area contributed by atoms with Crippen molar-refractivity contribution in [3.05, 3.63) is 0 Å². The number of hydrogen-bond donors (Lipinski definition) is 1. The number of rotatable bonds is 36. The molecular weight excluding hydrogens is 518 g/mol. The Kier molecular flexibility index (Phi) is 36.0. The maximum absolute atomic E-state index is 12.1. The molecule has 0 aliphatic carbocycles. The molecule has 252 valence electrons. The molecule has 0 bridgehead atoms. The Morgan fingerprint density at radius 2 is 0.786 bits per heavy atom. The van der Waals surface area contributed by atoms with Crippen LogP contribution in [0.4, 0.5) is 0 Å². The molecule has 0 spiro atoms. The second-order valence-electron chi connectivity index (χ2n) is 13.1. The van der Waals surface area contributed by atoms with Gasteiger partial charge in [-0.3, -0.25) is 9.69 Å². The Bertz CT molecular complexity index is 513. The van der Waals surface area contributed by atoms with Gasteiger partial charge < -0.3 is 9.84 Å². The topological polar surface area (TPSA) is 49.8 Å². The van der Waals surface area contributed by atoms with Crippen LogP contribution in [0.3, 0.4) is 0 Å². The smallest absolute Gasteiger partial charge is 0.305 e. The van der Waals surface area contributed by atoms with Crippen LogP contribution in [-0.4, -0.2) is 48.8 Å². The van der Waals surface area contributed by atoms with E-state index < -0.39 is 0 Å². The summed E-state index contributed by atoms with van der Waals surface area (Å²) in [5, 5.41) is 9.38. The Morgan fingerprint density at radius 1 is 0.452 bits per heavy atom. The fourth-order valence-electron chi connectivity index (χ4n) is 6.01. The van der Waals surface area contributed by atoms with Crippen LogP contribution >= 0.6 is 0 Å². The van der Waals surface area contributed by atoms with Crippen molar-refractivity contribution >= 4 is 5.97 Å². The summed E-state index contributed by atoms with van der Waals surface area (Å²) < 4.78 is 5.49. The molecule has 0 fully saturated rings. The zero-order chi connectivity index (χ0) is 30.6. The molecule has 0 aromatic heterocycles. The van der Waals surface area contributed by atoms with Crippen molar-refractivity contribution in [2.75, 3.05) is 32.8 Å². The molecule has 0 aromatic carbocycles. The minimum Gasteiger partial charge on any atom is -0.464 e. The lowest BCUT2D eigenvalue weighted by Gasteiger charge is -2.21. The summed E-state index contributed by atoms with van der Waals surface area (Å²) in [6.07, 6.45) is 39.9. The lowest BCUT2D eigenvalue weighted by atomic mass is 10.0. The summed E-state index contributed by atoms with van der Waals surface area (Å²) >= 11 is 0. The van der Waals surface area contributed by atoms with E-state index in [-0.39, 0.29) is 12.6 Å². The fourth-order valence-corrected chi connectivity index (χ4v) is 6.01. The molecule has 0 saturated carbocycles. The third kappa shape index (κ3) is 33.9. The monoisotopic (exact) mass is 596 g/mol. The minimum absolute atomic E-state index is 0.0511. The quantitative estimate of drug-likeness (QED) is 0.0578. The highest BCUT2D eigenvalue weighted by molar-refractivity contribution is 5.69. The molecule has 0 unspecified atom stereocenters. The van der Waals surface area contributed by atoms with Crippen molar-refractivity contribution in [1.82, 2.24) is 4.90 Å². The van der Waals surface area contributed by atoms with Gasteiger partial charge in [0.2, 0.25) is 0 Å². The van der Waals surface area contributed by atoms with Crippen molar-refractivity contribution in [2.45, 2.75) is 206 Å². The zero-order valence-corrected chi connectivity index (χ0v) is 29.0. The molecule has 0 aliphatic heterocycles. The van der Waals surface area contributed by atoms with Crippen molar-refractivity contribution in [1.29, 1.82) is 0 Å². The molecule has 0 aromatic rings. The standard InChI is InChI=1S/C38H77NO3/c1-3-5-7-9-11-13-15-16-17-18-19-20-21-22-23-24-26-28-30-32-38(41)42-37-35-39(34-36-40)33-31-29-27-25-14-12-10-8-6-4-2/h40H,3-37H2,1-2H3. The summed E-state index contributed by atoms with van der Waals surface area (Å²) in [5.41, 5.74) is 0. The van der Waals surface area contributed by atoms with Crippen molar-refractivity contribution in [2.24, 2.45) is 0 Å². The van der Waals surface area contributed by atoms with E-state index in [2.05, 4.69) is 18.7 Å². The van der Waals surface area contributed by atoms with E-state index in [4.69, 9.17) is 4.74 Å². The molecule has 4 nitrogen and oxygen atoms in total. The SMILES string of the molecule is CCCCCCCCCCCCCCCCCCCCCC(=O)OCCN(CCO)CCCCCCCCCCCC. The van der Waals surface area contributed by atoms with E-state index >= 15 is 0 Å². The van der Waals surface area contributed by atoms with Gasteiger partial charge in [-0.25, -0.2) is 0 Å². The number of aliphatic hydroxyl groups excluding tert-OH is 1. The van der Waals surface area contributed by atoms with Crippen LogP contribution in [0.15, 0.2) is 0 Å². The van der Waals surface area contributed by atoms with E-state index in [1.165, 1.54) is 173 Å². The van der Waals surface area contributed by atoms with Crippen LogP contribution in [0.5, 0.6) is 0 Å². The van der Waals surface area contributed by atoms with Crippen molar-refractivity contribution < 1.29 is 14.6 Å². The van der Waals surface area contributed by atoms with Crippen LogP contribution in [-0.2, 0) is 9.53 Å². The number of aliphatic hydroxyl groups is 1. The molecule has 0 atom stereocenters. The van der Waals surface area contributed by atoms with Crippen molar-refractivity contribution in [3.8, 4) is 0 Å². The van der Waals surface area contributed by atoms with E-state index in [0.717, 1.165) is 25.9 Å². The van der Waals surface area contributed by atoms with Gasteiger partial charge >= 0.3 is 5.97 Å². The molecule has 0 rings (SSSR count). The van der Waals surface area contributed by atoms with Gasteiger partial charge in [0.1, 0.15) is 6.61 Å². The molecule has 4 heteroatoms. The average molecular weight is 596 g/mol. The van der Waals surface area contributed by atoms with Gasteiger partial charge in [0, 0.05) is 19.5 Å². The van der Waals surface area contributed by atoms with Crippen LogP contribution in [0.2, 0.25) is 0 Å². The molecule has 1 N–H and O–H groups in total. The van der Waals surface area contributed by atoms with Crippen molar-refractivity contribution in [3.63, 3.8) is 0 Å². The average Bonchev–Trinajstić information content (AvgIpc) is 2.99. The van der Waals surface area contributed by atoms with Gasteiger partial charge in [0.25, 0.3) is 0 Å². The molecule has 0 saturated heterocycles. The molecule has 0 heterocycles.